The van der Waals surface area contributed by atoms with Crippen LogP contribution in [0.1, 0.15) is 24.0 Å². The van der Waals surface area contributed by atoms with E-state index in [1.807, 2.05) is 6.07 Å². The Morgan fingerprint density at radius 1 is 1.08 bits per heavy atom. The van der Waals surface area contributed by atoms with E-state index in [0.29, 0.717) is 41.2 Å². The molecule has 1 saturated heterocycles. The van der Waals surface area contributed by atoms with E-state index >= 15 is 0 Å². The van der Waals surface area contributed by atoms with Gasteiger partial charge in [-0.2, -0.15) is 0 Å². The molecule has 0 atom stereocenters. The van der Waals surface area contributed by atoms with Crippen LogP contribution in [0.4, 0.5) is 5.69 Å². The lowest BCUT2D eigenvalue weighted by Gasteiger charge is -2.31. The molecule has 1 amide bonds. The Hall–Kier alpha value is -3.85. The SMILES string of the molecule is COc1ccc2c(CC(=O)O)ccc(NC(=O)C3CCN(CCc4ccc5c(c4)OCCO5)CC3)c2n1. The van der Waals surface area contributed by atoms with Crippen molar-refractivity contribution in [1.82, 2.24) is 9.88 Å². The van der Waals surface area contributed by atoms with Crippen LogP contribution in [0.5, 0.6) is 17.4 Å². The maximum atomic E-state index is 13.1. The second-order valence-corrected chi connectivity index (χ2v) is 9.43. The van der Waals surface area contributed by atoms with Crippen LogP contribution in [0.3, 0.4) is 0 Å². The summed E-state index contributed by atoms with van der Waals surface area (Å²) < 4.78 is 16.5. The Morgan fingerprint density at radius 2 is 1.86 bits per heavy atom. The summed E-state index contributed by atoms with van der Waals surface area (Å²) in [7, 11) is 1.52. The average Bonchev–Trinajstić information content (AvgIpc) is 2.92. The summed E-state index contributed by atoms with van der Waals surface area (Å²) in [5, 5.41) is 13.0. The highest BCUT2D eigenvalue weighted by Crippen LogP contribution is 2.32. The highest BCUT2D eigenvalue weighted by molar-refractivity contribution is 6.02. The number of methoxy groups -OCH3 is 1. The first-order chi connectivity index (χ1) is 18.0. The fourth-order valence-corrected chi connectivity index (χ4v) is 4.97. The molecule has 0 bridgehead atoms. The fourth-order valence-electron chi connectivity index (χ4n) is 4.97. The first-order valence-electron chi connectivity index (χ1n) is 12.6. The highest BCUT2D eigenvalue weighted by atomic mass is 16.6. The van der Waals surface area contributed by atoms with Gasteiger partial charge in [0.05, 0.1) is 24.7 Å². The number of pyridine rings is 1. The lowest BCUT2D eigenvalue weighted by molar-refractivity contribution is -0.136. The van der Waals surface area contributed by atoms with Crippen molar-refractivity contribution >= 4 is 28.5 Å². The number of ether oxygens (including phenoxy) is 3. The van der Waals surface area contributed by atoms with E-state index in [2.05, 4.69) is 27.3 Å². The molecule has 1 fully saturated rings. The summed E-state index contributed by atoms with van der Waals surface area (Å²) in [6.45, 7) is 3.80. The van der Waals surface area contributed by atoms with Gasteiger partial charge in [-0.25, -0.2) is 4.98 Å². The van der Waals surface area contributed by atoms with Crippen LogP contribution in [-0.2, 0) is 22.4 Å². The largest absolute Gasteiger partial charge is 0.486 e. The molecule has 2 aliphatic rings. The number of aliphatic carboxylic acids is 1. The van der Waals surface area contributed by atoms with Gasteiger partial charge in [-0.1, -0.05) is 12.1 Å². The second kappa shape index (κ2) is 11.0. The number of amides is 1. The van der Waals surface area contributed by atoms with Crippen LogP contribution in [0.25, 0.3) is 10.9 Å². The third-order valence-corrected chi connectivity index (χ3v) is 7.01. The number of carboxylic acids is 1. The van der Waals surface area contributed by atoms with Gasteiger partial charge in [0.15, 0.2) is 11.5 Å². The van der Waals surface area contributed by atoms with Gasteiger partial charge in [-0.3, -0.25) is 9.59 Å². The van der Waals surface area contributed by atoms with Crippen LogP contribution in [0.15, 0.2) is 42.5 Å². The van der Waals surface area contributed by atoms with Gasteiger partial charge < -0.3 is 29.5 Å². The van der Waals surface area contributed by atoms with Crippen LogP contribution in [-0.4, -0.2) is 66.8 Å². The molecule has 2 aliphatic heterocycles. The molecule has 0 saturated carbocycles. The summed E-state index contributed by atoms with van der Waals surface area (Å²) in [6.07, 6.45) is 2.34. The molecule has 2 N–H and O–H groups in total. The molecule has 9 heteroatoms. The van der Waals surface area contributed by atoms with Crippen molar-refractivity contribution in [1.29, 1.82) is 0 Å². The lowest BCUT2D eigenvalue weighted by atomic mass is 9.95. The number of carboxylic acid groups (broad SMARTS) is 1. The zero-order valence-corrected chi connectivity index (χ0v) is 20.9. The van der Waals surface area contributed by atoms with Crippen molar-refractivity contribution in [2.24, 2.45) is 5.92 Å². The summed E-state index contributed by atoms with van der Waals surface area (Å²) in [5.74, 6) is 0.972. The molecule has 194 valence electrons. The van der Waals surface area contributed by atoms with E-state index in [1.165, 1.54) is 12.7 Å². The minimum atomic E-state index is -0.922. The third-order valence-electron chi connectivity index (χ3n) is 7.01. The Kier molecular flexibility index (Phi) is 7.41. The number of carbonyl (C=O) groups excluding carboxylic acids is 1. The number of piperidine rings is 1. The maximum absolute atomic E-state index is 13.1. The van der Waals surface area contributed by atoms with Crippen molar-refractivity contribution in [2.45, 2.75) is 25.7 Å². The molecular weight excluding hydrogens is 474 g/mol. The van der Waals surface area contributed by atoms with Gasteiger partial charge in [0.25, 0.3) is 0 Å². The maximum Gasteiger partial charge on any atom is 0.307 e. The van der Waals surface area contributed by atoms with E-state index in [-0.39, 0.29) is 18.2 Å². The molecule has 9 nitrogen and oxygen atoms in total. The Morgan fingerprint density at radius 3 is 2.62 bits per heavy atom. The molecule has 0 unspecified atom stereocenters. The first kappa shape index (κ1) is 24.8. The van der Waals surface area contributed by atoms with Crippen LogP contribution >= 0.6 is 0 Å². The molecule has 1 aromatic heterocycles. The van der Waals surface area contributed by atoms with Gasteiger partial charge in [0, 0.05) is 23.9 Å². The molecule has 3 aromatic rings. The van der Waals surface area contributed by atoms with Gasteiger partial charge in [-0.15, -0.1) is 0 Å². The number of aromatic nitrogens is 1. The molecule has 3 heterocycles. The molecule has 0 spiro atoms. The zero-order valence-electron chi connectivity index (χ0n) is 20.9. The van der Waals surface area contributed by atoms with E-state index in [4.69, 9.17) is 14.2 Å². The van der Waals surface area contributed by atoms with Gasteiger partial charge >= 0.3 is 5.97 Å². The van der Waals surface area contributed by atoms with Gasteiger partial charge in [0.2, 0.25) is 11.8 Å². The average molecular weight is 506 g/mol. The van der Waals surface area contributed by atoms with Crippen molar-refractivity contribution in [3.8, 4) is 17.4 Å². The van der Waals surface area contributed by atoms with Crippen LogP contribution in [0, 0.1) is 5.92 Å². The molecule has 0 radical (unpaired) electrons. The number of likely N-dealkylation sites (tertiary alicyclic amines) is 1. The van der Waals surface area contributed by atoms with Crippen LogP contribution < -0.4 is 19.5 Å². The molecular formula is C28H31N3O6. The number of carbonyl (C=O) groups is 2. The van der Waals surface area contributed by atoms with Crippen molar-refractivity contribution in [3.63, 3.8) is 0 Å². The monoisotopic (exact) mass is 505 g/mol. The van der Waals surface area contributed by atoms with Gasteiger partial charge in [0.1, 0.15) is 13.2 Å². The Bertz CT molecular complexity index is 1300. The number of anilines is 1. The first-order valence-corrected chi connectivity index (χ1v) is 12.6. The number of fused-ring (bicyclic) bond motifs is 2. The smallest absolute Gasteiger partial charge is 0.307 e. The number of nitrogens with zero attached hydrogens (tertiary/aromatic N) is 2. The standard InChI is InChI=1S/C28H31N3O6/c1-35-25-7-4-21-20(17-26(32)33)3-5-22(27(21)30-25)29-28(34)19-9-12-31(13-10-19)11-8-18-2-6-23-24(16-18)37-15-14-36-23/h2-7,16,19H,8-15,17H2,1H3,(H,29,34)(H,32,33). The topological polar surface area (TPSA) is 110 Å². The highest BCUT2D eigenvalue weighted by Gasteiger charge is 2.26. The Labute approximate surface area is 215 Å². The van der Waals surface area contributed by atoms with E-state index in [0.717, 1.165) is 50.4 Å². The number of nitrogens with one attached hydrogen (secondary N) is 1. The zero-order chi connectivity index (χ0) is 25.8. The number of rotatable bonds is 8. The third kappa shape index (κ3) is 5.77. The van der Waals surface area contributed by atoms with E-state index < -0.39 is 5.97 Å². The molecule has 0 aliphatic carbocycles. The van der Waals surface area contributed by atoms with Crippen molar-refractivity contribution in [3.05, 3.63) is 53.6 Å². The van der Waals surface area contributed by atoms with Gasteiger partial charge in [-0.05, 0) is 67.7 Å². The Balaban J connectivity index is 1.19. The fraction of sp³-hybridized carbons (Fsp3) is 0.393. The predicted molar refractivity (Wildman–Crippen MR) is 139 cm³/mol. The number of hydrogen-bond donors (Lipinski definition) is 2. The van der Waals surface area contributed by atoms with E-state index in [1.54, 1.807) is 24.3 Å². The predicted octanol–water partition coefficient (Wildman–Crippen LogP) is 3.53. The number of benzene rings is 2. The number of hydrogen-bond acceptors (Lipinski definition) is 7. The van der Waals surface area contributed by atoms with Crippen molar-refractivity contribution < 1.29 is 28.9 Å². The molecule has 37 heavy (non-hydrogen) atoms. The summed E-state index contributed by atoms with van der Waals surface area (Å²) in [4.78, 5) is 31.3. The van der Waals surface area contributed by atoms with Crippen LogP contribution in [0.2, 0.25) is 0 Å². The second-order valence-electron chi connectivity index (χ2n) is 9.43. The minimum Gasteiger partial charge on any atom is -0.486 e. The summed E-state index contributed by atoms with van der Waals surface area (Å²) in [5.41, 5.74) is 2.95. The normalized spacial score (nSPS) is 15.9. The lowest BCUT2D eigenvalue weighted by Crippen LogP contribution is -2.39. The summed E-state index contributed by atoms with van der Waals surface area (Å²) >= 11 is 0. The quantitative estimate of drug-likeness (QED) is 0.479. The molecule has 5 rings (SSSR count). The molecule has 2 aromatic carbocycles. The van der Waals surface area contributed by atoms with Crippen molar-refractivity contribution in [2.75, 3.05) is 45.3 Å². The van der Waals surface area contributed by atoms with E-state index in [9.17, 15) is 14.7 Å². The summed E-state index contributed by atoms with van der Waals surface area (Å²) in [6, 6.07) is 13.1. The minimum absolute atomic E-state index is 0.0385.